The molecule has 7 atom stereocenters. The molecule has 5 rings (SSSR count). The fourth-order valence-electron chi connectivity index (χ4n) is 5.40. The number of benzene rings is 2. The van der Waals surface area contributed by atoms with E-state index in [0.717, 1.165) is 12.1 Å². The van der Waals surface area contributed by atoms with Crippen LogP contribution in [-0.2, 0) is 37.7 Å². The van der Waals surface area contributed by atoms with Gasteiger partial charge in [0.05, 0.1) is 19.9 Å². The third-order valence-corrected chi connectivity index (χ3v) is 13.3. The van der Waals surface area contributed by atoms with Crippen LogP contribution in [-0.4, -0.2) is 79.5 Å². The SMILES string of the molecule is COC(=O)[C@@H](O[Si](C)(C)C(C)(C)C)[C@@H]1OC2COC(c3ccccc3)O[C@@H]2C(n2cc(-c3cc(F)c(F)c(F)c3)nn2)C1OC(C)=O. The van der Waals surface area contributed by atoms with Gasteiger partial charge in [-0.2, -0.15) is 0 Å². The first-order valence-electron chi connectivity index (χ1n) is 15.1. The van der Waals surface area contributed by atoms with Gasteiger partial charge in [0, 0.05) is 18.1 Å². The second kappa shape index (κ2) is 13.5. The molecule has 4 unspecified atom stereocenters. The summed E-state index contributed by atoms with van der Waals surface area (Å²) in [5, 5.41) is 7.99. The number of hydrogen-bond acceptors (Lipinski definition) is 10. The number of fused-ring (bicyclic) bond motifs is 1. The van der Waals surface area contributed by atoms with Crippen molar-refractivity contribution in [2.75, 3.05) is 13.7 Å². The van der Waals surface area contributed by atoms with Crippen molar-refractivity contribution in [2.45, 2.75) is 88.7 Å². The maximum atomic E-state index is 14.2. The van der Waals surface area contributed by atoms with Gasteiger partial charge in [-0.15, -0.1) is 5.10 Å². The number of esters is 2. The van der Waals surface area contributed by atoms with E-state index in [0.29, 0.717) is 5.56 Å². The zero-order valence-electron chi connectivity index (χ0n) is 27.1. The Hall–Kier alpha value is -3.63. The number of hydrogen-bond donors (Lipinski definition) is 0. The highest BCUT2D eigenvalue weighted by Gasteiger charge is 2.57. The van der Waals surface area contributed by atoms with Crippen LogP contribution in [0.3, 0.4) is 0 Å². The summed E-state index contributed by atoms with van der Waals surface area (Å²) < 4.78 is 80.0. The number of carbonyl (C=O) groups is 2. The van der Waals surface area contributed by atoms with Crippen LogP contribution in [0.25, 0.3) is 11.3 Å². The average Bonchev–Trinajstić information content (AvgIpc) is 3.51. The average molecular weight is 678 g/mol. The molecule has 3 aromatic rings. The molecular formula is C32H38F3N3O8Si. The number of nitrogens with zero attached hydrogens (tertiary/aromatic N) is 3. The Morgan fingerprint density at radius 3 is 2.32 bits per heavy atom. The highest BCUT2D eigenvalue weighted by Crippen LogP contribution is 2.44. The molecule has 0 spiro atoms. The summed E-state index contributed by atoms with van der Waals surface area (Å²) in [6, 6.07) is 9.70. The van der Waals surface area contributed by atoms with Crippen LogP contribution in [0.15, 0.2) is 48.7 Å². The molecule has 2 aromatic carbocycles. The topological polar surface area (TPSA) is 120 Å². The van der Waals surface area contributed by atoms with Gasteiger partial charge in [-0.1, -0.05) is 56.3 Å². The summed E-state index contributed by atoms with van der Waals surface area (Å²) in [6.07, 6.45) is -5.07. The molecule has 3 heterocycles. The van der Waals surface area contributed by atoms with Crippen molar-refractivity contribution in [2.24, 2.45) is 0 Å². The molecule has 0 amide bonds. The lowest BCUT2D eigenvalue weighted by Gasteiger charge is -2.51. The van der Waals surface area contributed by atoms with E-state index in [1.54, 1.807) is 0 Å². The van der Waals surface area contributed by atoms with Gasteiger partial charge in [-0.05, 0) is 30.3 Å². The normalized spacial score (nSPS) is 25.5. The summed E-state index contributed by atoms with van der Waals surface area (Å²) in [7, 11) is -1.46. The molecule has 0 radical (unpaired) electrons. The van der Waals surface area contributed by atoms with Crippen LogP contribution in [0.1, 0.15) is 45.6 Å². The molecule has 47 heavy (non-hydrogen) atoms. The Balaban J connectivity index is 1.62. The van der Waals surface area contributed by atoms with Gasteiger partial charge < -0.3 is 28.1 Å². The molecule has 15 heteroatoms. The maximum Gasteiger partial charge on any atom is 0.336 e. The van der Waals surface area contributed by atoms with Crippen LogP contribution in [0.2, 0.25) is 18.1 Å². The van der Waals surface area contributed by atoms with Crippen molar-refractivity contribution in [1.29, 1.82) is 0 Å². The van der Waals surface area contributed by atoms with Crippen molar-refractivity contribution in [3.63, 3.8) is 0 Å². The van der Waals surface area contributed by atoms with E-state index in [4.69, 9.17) is 28.1 Å². The minimum atomic E-state index is -2.68. The minimum Gasteiger partial charge on any atom is -0.467 e. The van der Waals surface area contributed by atoms with E-state index in [9.17, 15) is 22.8 Å². The fourth-order valence-corrected chi connectivity index (χ4v) is 6.62. The van der Waals surface area contributed by atoms with Crippen molar-refractivity contribution in [1.82, 2.24) is 15.0 Å². The van der Waals surface area contributed by atoms with E-state index in [1.165, 1.54) is 24.9 Å². The first-order valence-corrected chi connectivity index (χ1v) is 18.0. The van der Waals surface area contributed by atoms with Crippen LogP contribution in [0, 0.1) is 17.5 Å². The number of carbonyl (C=O) groups excluding carboxylic acids is 2. The van der Waals surface area contributed by atoms with Crippen LogP contribution < -0.4 is 0 Å². The van der Waals surface area contributed by atoms with Gasteiger partial charge in [0.1, 0.15) is 30.0 Å². The highest BCUT2D eigenvalue weighted by atomic mass is 28.4. The first kappa shape index (κ1) is 34.7. The molecule has 2 aliphatic rings. The summed E-state index contributed by atoms with van der Waals surface area (Å²) in [5.41, 5.74) is 0.624. The number of rotatable bonds is 8. The number of methoxy groups -OCH3 is 1. The van der Waals surface area contributed by atoms with Crippen LogP contribution in [0.4, 0.5) is 13.2 Å². The van der Waals surface area contributed by atoms with E-state index in [2.05, 4.69) is 10.3 Å². The zero-order valence-corrected chi connectivity index (χ0v) is 28.1. The Morgan fingerprint density at radius 1 is 1.06 bits per heavy atom. The Bertz CT molecular complexity index is 1580. The molecule has 0 saturated carbocycles. The second-order valence-electron chi connectivity index (χ2n) is 13.0. The van der Waals surface area contributed by atoms with Crippen molar-refractivity contribution in [3.05, 3.63) is 71.7 Å². The highest BCUT2D eigenvalue weighted by molar-refractivity contribution is 6.74. The van der Waals surface area contributed by atoms with Gasteiger partial charge >= 0.3 is 11.9 Å². The van der Waals surface area contributed by atoms with Crippen LogP contribution >= 0.6 is 0 Å². The van der Waals surface area contributed by atoms with Crippen molar-refractivity contribution < 1.29 is 50.9 Å². The van der Waals surface area contributed by atoms with Gasteiger partial charge in [0.25, 0.3) is 0 Å². The summed E-state index contributed by atoms with van der Waals surface area (Å²) >= 11 is 0. The lowest BCUT2D eigenvalue weighted by molar-refractivity contribution is -0.323. The molecule has 11 nitrogen and oxygen atoms in total. The molecule has 2 saturated heterocycles. The summed E-state index contributed by atoms with van der Waals surface area (Å²) in [5.74, 6) is -5.87. The molecule has 2 fully saturated rings. The molecule has 254 valence electrons. The lowest BCUT2D eigenvalue weighted by Crippen LogP contribution is -2.65. The van der Waals surface area contributed by atoms with Gasteiger partial charge in [0.2, 0.25) is 0 Å². The second-order valence-corrected chi connectivity index (χ2v) is 17.8. The minimum absolute atomic E-state index is 0.00215. The molecule has 0 N–H and O–H groups in total. The maximum absolute atomic E-state index is 14.2. The molecule has 0 aliphatic carbocycles. The van der Waals surface area contributed by atoms with Gasteiger partial charge in [-0.25, -0.2) is 22.6 Å². The van der Waals surface area contributed by atoms with E-state index < -0.39 is 80.6 Å². The predicted molar refractivity (Wildman–Crippen MR) is 163 cm³/mol. The van der Waals surface area contributed by atoms with E-state index in [1.807, 2.05) is 64.2 Å². The van der Waals surface area contributed by atoms with Crippen molar-refractivity contribution in [3.8, 4) is 11.3 Å². The zero-order chi connectivity index (χ0) is 34.3. The smallest absolute Gasteiger partial charge is 0.336 e. The lowest BCUT2D eigenvalue weighted by atomic mass is 9.89. The van der Waals surface area contributed by atoms with Gasteiger partial charge in [-0.3, -0.25) is 4.79 Å². The molecule has 2 aliphatic heterocycles. The Morgan fingerprint density at radius 2 is 1.72 bits per heavy atom. The van der Waals surface area contributed by atoms with Gasteiger partial charge in [0.15, 0.2) is 44.3 Å². The predicted octanol–water partition coefficient (Wildman–Crippen LogP) is 5.28. The van der Waals surface area contributed by atoms with Crippen molar-refractivity contribution >= 4 is 20.3 Å². The monoisotopic (exact) mass is 677 g/mol. The summed E-state index contributed by atoms with van der Waals surface area (Å²) in [4.78, 5) is 26.1. The number of aromatic nitrogens is 3. The Labute approximate surface area is 271 Å². The number of halogens is 3. The standard InChI is InChI=1S/C32H38F3N3O8Si/c1-17(39)43-27-25(38-15-22(36-37-38)19-13-20(33)24(35)21(34)14-19)26-23(16-42-31(45-26)18-11-9-8-10-12-18)44-28(27)29(30(40)41-5)46-47(6,7)32(2,3)4/h8-15,23,25-29,31H,16H2,1-7H3/t23?,25?,26-,27?,28+,29-,31?/m0/s1. The number of ether oxygens (including phenoxy) is 5. The quantitative estimate of drug-likeness (QED) is 0.177. The third kappa shape index (κ3) is 7.13. The largest absolute Gasteiger partial charge is 0.467 e. The summed E-state index contributed by atoms with van der Waals surface area (Å²) in [6.45, 7) is 11.1. The molecular weight excluding hydrogens is 639 g/mol. The molecule has 0 bridgehead atoms. The Kier molecular flexibility index (Phi) is 9.94. The van der Waals surface area contributed by atoms with E-state index >= 15 is 0 Å². The first-order chi connectivity index (χ1) is 22.1. The van der Waals surface area contributed by atoms with Crippen LogP contribution in [0.5, 0.6) is 0 Å². The fraction of sp³-hybridized carbons (Fsp3) is 0.500. The van der Waals surface area contributed by atoms with E-state index in [-0.39, 0.29) is 22.9 Å². The molecule has 1 aromatic heterocycles. The third-order valence-electron chi connectivity index (χ3n) is 8.82.